The third-order valence-electron chi connectivity index (χ3n) is 3.37. The molecule has 0 aromatic heterocycles. The zero-order valence-corrected chi connectivity index (χ0v) is 13.2. The fourth-order valence-corrected chi connectivity index (χ4v) is 2.00. The van der Waals surface area contributed by atoms with Crippen molar-refractivity contribution < 1.29 is 4.79 Å². The van der Waals surface area contributed by atoms with Crippen molar-refractivity contribution in [1.29, 1.82) is 0 Å². The molecule has 3 nitrogen and oxygen atoms in total. The minimum absolute atomic E-state index is 0.0907. The Balaban J connectivity index is 4.10. The monoisotopic (exact) mass is 256 g/mol. The van der Waals surface area contributed by atoms with Crippen molar-refractivity contribution in [2.24, 2.45) is 5.41 Å². The molecule has 0 spiro atoms. The Kier molecular flexibility index (Phi) is 7.53. The van der Waals surface area contributed by atoms with Gasteiger partial charge in [0.1, 0.15) is 0 Å². The van der Waals surface area contributed by atoms with Gasteiger partial charge in [-0.3, -0.25) is 4.79 Å². The largest absolute Gasteiger partial charge is 0.354 e. The molecule has 18 heavy (non-hydrogen) atoms. The first-order valence-electron chi connectivity index (χ1n) is 7.28. The van der Waals surface area contributed by atoms with E-state index < -0.39 is 5.54 Å². The summed E-state index contributed by atoms with van der Waals surface area (Å²) in [7, 11) is 0. The van der Waals surface area contributed by atoms with Crippen LogP contribution in [0, 0.1) is 5.41 Å². The average Bonchev–Trinajstić information content (AvgIpc) is 2.26. The zero-order chi connectivity index (χ0) is 14.2. The standard InChI is InChI=1S/C15H32N2O/c1-7-9-10-11-14(3,4)12-16-13(18)15(5,6)17-8-2/h17H,7-12H2,1-6H3,(H,16,18). The zero-order valence-electron chi connectivity index (χ0n) is 13.2. The summed E-state index contributed by atoms with van der Waals surface area (Å²) in [6.07, 6.45) is 4.94. The van der Waals surface area contributed by atoms with Gasteiger partial charge in [0, 0.05) is 6.54 Å². The first-order chi connectivity index (χ1) is 8.25. The highest BCUT2D eigenvalue weighted by Crippen LogP contribution is 2.22. The highest BCUT2D eigenvalue weighted by atomic mass is 16.2. The average molecular weight is 256 g/mol. The van der Waals surface area contributed by atoms with Crippen LogP contribution in [0.5, 0.6) is 0 Å². The van der Waals surface area contributed by atoms with Gasteiger partial charge in [-0.2, -0.15) is 0 Å². The second-order valence-electron chi connectivity index (χ2n) is 6.46. The first kappa shape index (κ1) is 17.4. The molecule has 0 saturated carbocycles. The van der Waals surface area contributed by atoms with Gasteiger partial charge in [0.25, 0.3) is 0 Å². The van der Waals surface area contributed by atoms with Gasteiger partial charge in [0.15, 0.2) is 0 Å². The van der Waals surface area contributed by atoms with Gasteiger partial charge in [0.2, 0.25) is 5.91 Å². The van der Waals surface area contributed by atoms with Crippen molar-refractivity contribution in [3.8, 4) is 0 Å². The minimum atomic E-state index is -0.478. The van der Waals surface area contributed by atoms with Crippen LogP contribution >= 0.6 is 0 Å². The first-order valence-corrected chi connectivity index (χ1v) is 7.28. The number of rotatable bonds is 9. The molecule has 0 rings (SSSR count). The van der Waals surface area contributed by atoms with Crippen LogP contribution in [0.15, 0.2) is 0 Å². The Morgan fingerprint density at radius 3 is 2.17 bits per heavy atom. The molecule has 0 fully saturated rings. The van der Waals surface area contributed by atoms with Crippen molar-refractivity contribution in [3.05, 3.63) is 0 Å². The predicted molar refractivity (Wildman–Crippen MR) is 78.7 cm³/mol. The predicted octanol–water partition coefficient (Wildman–Crippen LogP) is 3.10. The maximum absolute atomic E-state index is 12.1. The number of carbonyl (C=O) groups excluding carboxylic acids is 1. The molecule has 0 aromatic rings. The van der Waals surface area contributed by atoms with Gasteiger partial charge < -0.3 is 10.6 Å². The Bertz CT molecular complexity index is 247. The summed E-state index contributed by atoms with van der Waals surface area (Å²) in [5, 5.41) is 6.27. The molecule has 0 radical (unpaired) electrons. The van der Waals surface area contributed by atoms with Gasteiger partial charge >= 0.3 is 0 Å². The third kappa shape index (κ3) is 7.00. The molecule has 0 heterocycles. The fourth-order valence-electron chi connectivity index (χ4n) is 2.00. The van der Waals surface area contributed by atoms with E-state index in [1.165, 1.54) is 25.7 Å². The molecule has 0 aromatic carbocycles. The molecule has 1 amide bonds. The lowest BCUT2D eigenvalue weighted by atomic mass is 9.86. The minimum Gasteiger partial charge on any atom is -0.354 e. The number of amides is 1. The molecule has 0 aliphatic rings. The summed E-state index contributed by atoms with van der Waals surface area (Å²) >= 11 is 0. The summed E-state index contributed by atoms with van der Waals surface area (Å²) in [5.74, 6) is 0.0907. The lowest BCUT2D eigenvalue weighted by Crippen LogP contribution is -2.53. The Hall–Kier alpha value is -0.570. The van der Waals surface area contributed by atoms with Crippen molar-refractivity contribution >= 4 is 5.91 Å². The van der Waals surface area contributed by atoms with Gasteiger partial charge in [-0.05, 0) is 32.2 Å². The van der Waals surface area contributed by atoms with E-state index >= 15 is 0 Å². The van der Waals surface area contributed by atoms with E-state index in [9.17, 15) is 4.79 Å². The molecular formula is C15H32N2O. The summed E-state index contributed by atoms with van der Waals surface area (Å²) in [6.45, 7) is 14.1. The molecule has 0 unspecified atom stereocenters. The van der Waals surface area contributed by atoms with E-state index in [-0.39, 0.29) is 11.3 Å². The summed E-state index contributed by atoms with van der Waals surface area (Å²) in [4.78, 5) is 12.1. The number of likely N-dealkylation sites (N-methyl/N-ethyl adjacent to an activating group) is 1. The maximum atomic E-state index is 12.1. The van der Waals surface area contributed by atoms with Crippen LogP contribution in [0.3, 0.4) is 0 Å². The second-order valence-corrected chi connectivity index (χ2v) is 6.46. The normalized spacial score (nSPS) is 12.6. The third-order valence-corrected chi connectivity index (χ3v) is 3.37. The van der Waals surface area contributed by atoms with E-state index in [2.05, 4.69) is 31.4 Å². The van der Waals surface area contributed by atoms with Crippen molar-refractivity contribution in [3.63, 3.8) is 0 Å². The smallest absolute Gasteiger partial charge is 0.239 e. The SMILES string of the molecule is CCCCCC(C)(C)CNC(=O)C(C)(C)NCC. The van der Waals surface area contributed by atoms with E-state index in [0.29, 0.717) is 0 Å². The van der Waals surface area contributed by atoms with Gasteiger partial charge in [0.05, 0.1) is 5.54 Å². The molecule has 3 heteroatoms. The topological polar surface area (TPSA) is 41.1 Å². The number of hydrogen-bond donors (Lipinski definition) is 2. The van der Waals surface area contributed by atoms with Crippen LogP contribution in [0.25, 0.3) is 0 Å². The summed E-state index contributed by atoms with van der Waals surface area (Å²) in [6, 6.07) is 0. The van der Waals surface area contributed by atoms with Crippen molar-refractivity contribution in [1.82, 2.24) is 10.6 Å². The number of carbonyl (C=O) groups is 1. The van der Waals surface area contributed by atoms with Gasteiger partial charge in [-0.1, -0.05) is 47.0 Å². The van der Waals surface area contributed by atoms with Crippen LogP contribution in [0.1, 0.15) is 67.2 Å². The molecule has 0 atom stereocenters. The van der Waals surface area contributed by atoms with E-state index in [0.717, 1.165) is 13.1 Å². The summed E-state index contributed by atoms with van der Waals surface area (Å²) in [5.41, 5.74) is -0.290. The molecule has 108 valence electrons. The number of nitrogens with one attached hydrogen (secondary N) is 2. The highest BCUT2D eigenvalue weighted by molar-refractivity contribution is 5.85. The Morgan fingerprint density at radius 2 is 1.67 bits per heavy atom. The van der Waals surface area contributed by atoms with E-state index in [4.69, 9.17) is 0 Å². The molecule has 0 saturated heterocycles. The van der Waals surface area contributed by atoms with Crippen molar-refractivity contribution in [2.45, 2.75) is 72.8 Å². The number of hydrogen-bond acceptors (Lipinski definition) is 2. The second kappa shape index (κ2) is 7.78. The van der Waals surface area contributed by atoms with Crippen LogP contribution < -0.4 is 10.6 Å². The molecule has 0 bridgehead atoms. The van der Waals surface area contributed by atoms with Gasteiger partial charge in [-0.25, -0.2) is 0 Å². The lowest BCUT2D eigenvalue weighted by molar-refractivity contribution is -0.126. The summed E-state index contributed by atoms with van der Waals surface area (Å²) < 4.78 is 0. The number of unbranched alkanes of at least 4 members (excludes halogenated alkanes) is 2. The molecule has 2 N–H and O–H groups in total. The lowest BCUT2D eigenvalue weighted by Gasteiger charge is -2.29. The van der Waals surface area contributed by atoms with Crippen molar-refractivity contribution in [2.75, 3.05) is 13.1 Å². The molecule has 0 aliphatic heterocycles. The highest BCUT2D eigenvalue weighted by Gasteiger charge is 2.27. The van der Waals surface area contributed by atoms with Crippen LogP contribution in [0.2, 0.25) is 0 Å². The Labute approximate surface area is 113 Å². The van der Waals surface area contributed by atoms with Crippen LogP contribution in [-0.4, -0.2) is 24.5 Å². The van der Waals surface area contributed by atoms with Crippen LogP contribution in [-0.2, 0) is 4.79 Å². The quantitative estimate of drug-likeness (QED) is 0.622. The molecule has 0 aliphatic carbocycles. The van der Waals surface area contributed by atoms with Gasteiger partial charge in [-0.15, -0.1) is 0 Å². The van der Waals surface area contributed by atoms with E-state index in [1.807, 2.05) is 20.8 Å². The fraction of sp³-hybridized carbons (Fsp3) is 0.933. The molecular weight excluding hydrogens is 224 g/mol. The maximum Gasteiger partial charge on any atom is 0.239 e. The van der Waals surface area contributed by atoms with Crippen LogP contribution in [0.4, 0.5) is 0 Å². The van der Waals surface area contributed by atoms with E-state index in [1.54, 1.807) is 0 Å². The Morgan fingerprint density at radius 1 is 1.06 bits per heavy atom.